The number of rotatable bonds is 5. The van der Waals surface area contributed by atoms with Crippen LogP contribution in [0.3, 0.4) is 0 Å². The van der Waals surface area contributed by atoms with Crippen molar-refractivity contribution in [1.29, 1.82) is 0 Å². The van der Waals surface area contributed by atoms with Crippen LogP contribution in [0.1, 0.15) is 33.6 Å². The Labute approximate surface area is 171 Å². The van der Waals surface area contributed by atoms with E-state index in [1.807, 2.05) is 5.38 Å². The van der Waals surface area contributed by atoms with Gasteiger partial charge in [-0.15, -0.1) is 0 Å². The molecule has 29 heavy (non-hydrogen) atoms. The molecule has 11 heteroatoms. The highest BCUT2D eigenvalue weighted by atomic mass is 32.2. The van der Waals surface area contributed by atoms with E-state index in [0.29, 0.717) is 31.5 Å². The number of nitrogens with one attached hydrogen (secondary N) is 1. The van der Waals surface area contributed by atoms with Gasteiger partial charge in [-0.1, -0.05) is 0 Å². The first-order valence-electron chi connectivity index (χ1n) is 8.77. The van der Waals surface area contributed by atoms with Crippen LogP contribution in [0.2, 0.25) is 0 Å². The van der Waals surface area contributed by atoms with Gasteiger partial charge in [0.25, 0.3) is 17.5 Å². The molecule has 1 aromatic carbocycles. The molecular weight excluding hydrogens is 418 g/mol. The van der Waals surface area contributed by atoms with Crippen LogP contribution in [0.25, 0.3) is 0 Å². The number of hydrogen-bond donors (Lipinski definition) is 1. The van der Waals surface area contributed by atoms with Crippen LogP contribution in [0.5, 0.6) is 0 Å². The second-order valence-electron chi connectivity index (χ2n) is 6.80. The number of thiophene rings is 1. The predicted octanol–water partition coefficient (Wildman–Crippen LogP) is 2.09. The number of amides is 2. The topological polar surface area (TPSA) is 127 Å². The summed E-state index contributed by atoms with van der Waals surface area (Å²) < 4.78 is 23.6. The van der Waals surface area contributed by atoms with Gasteiger partial charge in [-0.3, -0.25) is 19.7 Å². The summed E-state index contributed by atoms with van der Waals surface area (Å²) >= 11 is 1.43. The molecule has 0 spiro atoms. The summed E-state index contributed by atoms with van der Waals surface area (Å²) in [6.07, 6.45) is 2.01. The molecule has 0 atom stereocenters. The summed E-state index contributed by atoms with van der Waals surface area (Å²) in [6, 6.07) is 4.85. The Morgan fingerprint density at radius 2 is 1.90 bits per heavy atom. The Morgan fingerprint density at radius 3 is 2.45 bits per heavy atom. The number of benzene rings is 1. The number of likely N-dealkylation sites (tertiary alicyclic amines) is 1. The van der Waals surface area contributed by atoms with Gasteiger partial charge in [-0.2, -0.15) is 11.3 Å². The van der Waals surface area contributed by atoms with Crippen molar-refractivity contribution in [2.45, 2.75) is 23.8 Å². The molecule has 0 aliphatic carbocycles. The summed E-state index contributed by atoms with van der Waals surface area (Å²) in [6.45, 7) is 0.703. The summed E-state index contributed by atoms with van der Waals surface area (Å²) in [5.74, 6) is -0.631. The molecule has 2 aromatic rings. The maximum Gasteiger partial charge on any atom is 0.271 e. The highest BCUT2D eigenvalue weighted by molar-refractivity contribution is 7.90. The van der Waals surface area contributed by atoms with E-state index in [4.69, 9.17) is 0 Å². The predicted molar refractivity (Wildman–Crippen MR) is 107 cm³/mol. The third-order valence-electron chi connectivity index (χ3n) is 4.68. The van der Waals surface area contributed by atoms with Crippen LogP contribution in [0, 0.1) is 10.1 Å². The highest BCUT2D eigenvalue weighted by Gasteiger charge is 2.27. The van der Waals surface area contributed by atoms with Crippen molar-refractivity contribution in [1.82, 2.24) is 10.2 Å². The fraction of sp³-hybridized carbons (Fsp3) is 0.333. The van der Waals surface area contributed by atoms with E-state index in [1.165, 1.54) is 16.2 Å². The molecule has 2 amide bonds. The second kappa shape index (κ2) is 8.29. The SMILES string of the molecule is CS(=O)(=O)c1cc(C(=O)N2CCC(NC(=O)c3ccsc3)CC2)cc([N+](=O)[O-])c1. The molecule has 0 bridgehead atoms. The van der Waals surface area contributed by atoms with E-state index < -0.39 is 26.4 Å². The molecule has 2 heterocycles. The minimum atomic E-state index is -3.71. The van der Waals surface area contributed by atoms with Crippen molar-refractivity contribution in [2.75, 3.05) is 19.3 Å². The molecule has 1 saturated heterocycles. The Balaban J connectivity index is 1.70. The van der Waals surface area contributed by atoms with Crippen LogP contribution < -0.4 is 5.32 Å². The number of carbonyl (C=O) groups is 2. The summed E-state index contributed by atoms with van der Waals surface area (Å²) in [5, 5.41) is 17.6. The maximum absolute atomic E-state index is 12.8. The van der Waals surface area contributed by atoms with Gasteiger partial charge in [0, 0.05) is 54.0 Å². The van der Waals surface area contributed by atoms with Crippen molar-refractivity contribution < 1.29 is 22.9 Å². The summed E-state index contributed by atoms with van der Waals surface area (Å²) in [7, 11) is -3.71. The number of carbonyl (C=O) groups excluding carboxylic acids is 2. The number of sulfone groups is 1. The van der Waals surface area contributed by atoms with Gasteiger partial charge in [0.1, 0.15) is 0 Å². The molecule has 0 unspecified atom stereocenters. The Hall–Kier alpha value is -2.79. The van der Waals surface area contributed by atoms with E-state index in [2.05, 4.69) is 5.32 Å². The van der Waals surface area contributed by atoms with Gasteiger partial charge >= 0.3 is 0 Å². The van der Waals surface area contributed by atoms with Crippen molar-refractivity contribution in [3.05, 3.63) is 56.3 Å². The monoisotopic (exact) mass is 437 g/mol. The van der Waals surface area contributed by atoms with Crippen LogP contribution >= 0.6 is 11.3 Å². The number of nitro groups is 1. The lowest BCUT2D eigenvalue weighted by Crippen LogP contribution is -2.46. The van der Waals surface area contributed by atoms with E-state index in [9.17, 15) is 28.1 Å². The molecular formula is C18H19N3O6S2. The lowest BCUT2D eigenvalue weighted by molar-refractivity contribution is -0.385. The average Bonchev–Trinajstić information content (AvgIpc) is 3.22. The second-order valence-corrected chi connectivity index (χ2v) is 9.59. The Morgan fingerprint density at radius 1 is 1.21 bits per heavy atom. The quantitative estimate of drug-likeness (QED) is 0.564. The first kappa shape index (κ1) is 20.9. The average molecular weight is 437 g/mol. The highest BCUT2D eigenvalue weighted by Crippen LogP contribution is 2.23. The van der Waals surface area contributed by atoms with Gasteiger partial charge in [-0.05, 0) is 30.4 Å². The molecule has 0 radical (unpaired) electrons. The molecule has 9 nitrogen and oxygen atoms in total. The number of hydrogen-bond acceptors (Lipinski definition) is 7. The van der Waals surface area contributed by atoms with Crippen molar-refractivity contribution >= 4 is 38.7 Å². The van der Waals surface area contributed by atoms with Crippen LogP contribution in [0.4, 0.5) is 5.69 Å². The molecule has 154 valence electrons. The fourth-order valence-electron chi connectivity index (χ4n) is 3.10. The summed E-state index contributed by atoms with van der Waals surface area (Å²) in [4.78, 5) is 36.6. The molecule has 1 aliphatic heterocycles. The zero-order chi connectivity index (χ0) is 21.2. The smallest absolute Gasteiger partial charge is 0.271 e. The van der Waals surface area contributed by atoms with Crippen molar-refractivity contribution in [2.24, 2.45) is 0 Å². The van der Waals surface area contributed by atoms with Crippen molar-refractivity contribution in [3.8, 4) is 0 Å². The molecule has 1 aliphatic rings. The Kier molecular flexibility index (Phi) is 5.99. The third-order valence-corrected chi connectivity index (χ3v) is 6.45. The van der Waals surface area contributed by atoms with Gasteiger partial charge in [-0.25, -0.2) is 8.42 Å². The summed E-state index contributed by atoms with van der Waals surface area (Å²) in [5.41, 5.74) is 0.105. The largest absolute Gasteiger partial charge is 0.349 e. The van der Waals surface area contributed by atoms with Crippen LogP contribution in [-0.4, -0.2) is 55.4 Å². The number of nitrogens with zero attached hydrogens (tertiary/aromatic N) is 2. The molecule has 1 fully saturated rings. The molecule has 0 saturated carbocycles. The molecule has 3 rings (SSSR count). The van der Waals surface area contributed by atoms with E-state index in [0.717, 1.165) is 24.5 Å². The standard InChI is InChI=1S/C18H19N3O6S2/c1-29(26,27)16-9-13(8-15(10-16)21(24)25)18(23)20-5-2-14(3-6-20)19-17(22)12-4-7-28-11-12/h4,7-11,14H,2-3,5-6H2,1H3,(H,19,22). The number of nitro benzene ring substituents is 1. The first-order valence-corrected chi connectivity index (χ1v) is 11.6. The van der Waals surface area contributed by atoms with E-state index in [-0.39, 0.29) is 22.4 Å². The van der Waals surface area contributed by atoms with Crippen LogP contribution in [-0.2, 0) is 9.84 Å². The number of non-ortho nitro benzene ring substituents is 1. The van der Waals surface area contributed by atoms with Crippen molar-refractivity contribution in [3.63, 3.8) is 0 Å². The van der Waals surface area contributed by atoms with E-state index >= 15 is 0 Å². The Bertz CT molecular complexity index is 1040. The lowest BCUT2D eigenvalue weighted by Gasteiger charge is -2.32. The van der Waals surface area contributed by atoms with Gasteiger partial charge in [0.2, 0.25) is 0 Å². The molecule has 1 N–H and O–H groups in total. The van der Waals surface area contributed by atoms with E-state index in [1.54, 1.807) is 11.4 Å². The molecule has 1 aromatic heterocycles. The van der Waals surface area contributed by atoms with Gasteiger partial charge in [0.15, 0.2) is 9.84 Å². The normalized spacial score (nSPS) is 15.1. The zero-order valence-corrected chi connectivity index (χ0v) is 17.2. The maximum atomic E-state index is 12.8. The third kappa shape index (κ3) is 4.98. The van der Waals surface area contributed by atoms with Crippen LogP contribution in [0.15, 0.2) is 39.9 Å². The lowest BCUT2D eigenvalue weighted by atomic mass is 10.0. The minimum Gasteiger partial charge on any atom is -0.349 e. The van der Waals surface area contributed by atoms with Gasteiger partial charge in [0.05, 0.1) is 9.82 Å². The zero-order valence-electron chi connectivity index (χ0n) is 15.5. The van der Waals surface area contributed by atoms with Gasteiger partial charge < -0.3 is 10.2 Å². The minimum absolute atomic E-state index is 0.0413. The fourth-order valence-corrected chi connectivity index (χ4v) is 4.41. The number of piperidine rings is 1. The first-order chi connectivity index (χ1) is 13.6.